The minimum Gasteiger partial charge on any atom is -0.392 e. The zero-order valence-corrected chi connectivity index (χ0v) is 7.77. The highest BCUT2D eigenvalue weighted by atomic mass is 16.3. The third-order valence-corrected chi connectivity index (χ3v) is 1.68. The average Bonchev–Trinajstić information content (AvgIpc) is 2.36. The number of aliphatic hydroxyl groups is 1. The van der Waals surface area contributed by atoms with Crippen LogP contribution in [0.15, 0.2) is 18.7 Å². The Kier molecular flexibility index (Phi) is 3.29. The van der Waals surface area contributed by atoms with E-state index in [0.717, 1.165) is 6.54 Å². The predicted molar refractivity (Wildman–Crippen MR) is 46.6 cm³/mol. The van der Waals surface area contributed by atoms with Crippen LogP contribution < -0.4 is 4.57 Å². The number of hydrogen-bond acceptors (Lipinski definition) is 1. The summed E-state index contributed by atoms with van der Waals surface area (Å²) in [6, 6.07) is 0. The second kappa shape index (κ2) is 4.26. The van der Waals surface area contributed by atoms with E-state index in [9.17, 15) is 0 Å². The van der Waals surface area contributed by atoms with Crippen LogP contribution in [0.1, 0.15) is 13.8 Å². The summed E-state index contributed by atoms with van der Waals surface area (Å²) in [6.07, 6.45) is 6.05. The highest BCUT2D eigenvalue weighted by Gasteiger charge is 2.04. The summed E-state index contributed by atoms with van der Waals surface area (Å²) >= 11 is 0. The van der Waals surface area contributed by atoms with Gasteiger partial charge in [-0.2, -0.15) is 0 Å². The van der Waals surface area contributed by atoms with Gasteiger partial charge in [-0.15, -0.1) is 0 Å². The molecule has 1 rings (SSSR count). The predicted octanol–water partition coefficient (Wildman–Crippen LogP) is 0.424. The molecule has 0 saturated heterocycles. The first-order valence-electron chi connectivity index (χ1n) is 4.38. The number of imidazole rings is 1. The first-order chi connectivity index (χ1) is 5.72. The van der Waals surface area contributed by atoms with Crippen LogP contribution in [-0.4, -0.2) is 16.3 Å². The highest BCUT2D eigenvalue weighted by molar-refractivity contribution is 4.65. The Bertz CT molecular complexity index is 230. The van der Waals surface area contributed by atoms with Gasteiger partial charge in [0, 0.05) is 0 Å². The summed E-state index contributed by atoms with van der Waals surface area (Å²) in [5, 5.41) is 8.68. The molecule has 1 aromatic rings. The lowest BCUT2D eigenvalue weighted by atomic mass is 10.2. The summed E-state index contributed by atoms with van der Waals surface area (Å²) in [5.41, 5.74) is 0. The fourth-order valence-corrected chi connectivity index (χ4v) is 1.22. The summed E-state index contributed by atoms with van der Waals surface area (Å²) in [6.45, 7) is 6.31. The fraction of sp³-hybridized carbons (Fsp3) is 0.667. The van der Waals surface area contributed by atoms with E-state index in [-0.39, 0.29) is 6.61 Å². The maximum Gasteiger partial charge on any atom is 0.243 e. The van der Waals surface area contributed by atoms with Crippen LogP contribution in [0.4, 0.5) is 0 Å². The number of hydrogen-bond donors (Lipinski definition) is 1. The standard InChI is InChI=1S/C9H17N2O/c1-9(2)7-11-4-3-10(8-11)5-6-12/h3-4,8-9,12H,5-7H2,1-2H3/q+1. The van der Waals surface area contributed by atoms with Crippen molar-refractivity contribution in [2.24, 2.45) is 5.92 Å². The smallest absolute Gasteiger partial charge is 0.243 e. The Morgan fingerprint density at radius 3 is 2.83 bits per heavy atom. The minimum absolute atomic E-state index is 0.205. The monoisotopic (exact) mass is 169 g/mol. The summed E-state index contributed by atoms with van der Waals surface area (Å²) in [7, 11) is 0. The Labute approximate surface area is 73.3 Å². The molecule has 3 nitrogen and oxygen atoms in total. The Hall–Kier alpha value is -0.830. The molecule has 0 aromatic carbocycles. The van der Waals surface area contributed by atoms with Gasteiger partial charge in [-0.25, -0.2) is 9.13 Å². The van der Waals surface area contributed by atoms with Crippen molar-refractivity contribution < 1.29 is 9.67 Å². The number of aromatic nitrogens is 2. The van der Waals surface area contributed by atoms with Gasteiger partial charge in [-0.1, -0.05) is 13.8 Å². The zero-order chi connectivity index (χ0) is 8.97. The van der Waals surface area contributed by atoms with Gasteiger partial charge in [0.05, 0.1) is 13.2 Å². The molecule has 0 amide bonds. The molecule has 1 heterocycles. The fourth-order valence-electron chi connectivity index (χ4n) is 1.22. The third-order valence-electron chi connectivity index (χ3n) is 1.68. The van der Waals surface area contributed by atoms with Crippen LogP contribution in [0, 0.1) is 5.92 Å². The van der Waals surface area contributed by atoms with Gasteiger partial charge >= 0.3 is 0 Å². The van der Waals surface area contributed by atoms with E-state index < -0.39 is 0 Å². The molecular weight excluding hydrogens is 152 g/mol. The van der Waals surface area contributed by atoms with Crippen molar-refractivity contribution in [3.8, 4) is 0 Å². The molecule has 0 fully saturated rings. The quantitative estimate of drug-likeness (QED) is 0.650. The molecule has 0 atom stereocenters. The van der Waals surface area contributed by atoms with Crippen molar-refractivity contribution >= 4 is 0 Å². The van der Waals surface area contributed by atoms with E-state index in [1.807, 2.05) is 23.3 Å². The van der Waals surface area contributed by atoms with Crippen LogP contribution in [0.5, 0.6) is 0 Å². The van der Waals surface area contributed by atoms with Crippen LogP contribution in [-0.2, 0) is 13.1 Å². The molecule has 0 radical (unpaired) electrons. The lowest BCUT2D eigenvalue weighted by Gasteiger charge is -1.98. The maximum absolute atomic E-state index is 8.68. The molecule has 0 bridgehead atoms. The molecule has 0 aliphatic rings. The topological polar surface area (TPSA) is 29.0 Å². The van der Waals surface area contributed by atoms with Gasteiger partial charge in [0.1, 0.15) is 18.9 Å². The highest BCUT2D eigenvalue weighted by Crippen LogP contribution is 1.91. The Morgan fingerprint density at radius 2 is 2.25 bits per heavy atom. The molecule has 0 aliphatic carbocycles. The SMILES string of the molecule is CC(C)C[n+]1ccn(CCO)c1. The van der Waals surface area contributed by atoms with E-state index in [1.165, 1.54) is 0 Å². The van der Waals surface area contributed by atoms with E-state index in [2.05, 4.69) is 18.4 Å². The molecule has 0 saturated carbocycles. The Balaban J connectivity index is 2.52. The normalized spacial score (nSPS) is 11.0. The lowest BCUT2D eigenvalue weighted by Crippen LogP contribution is -2.33. The van der Waals surface area contributed by atoms with Gasteiger partial charge in [-0.05, 0) is 5.92 Å². The maximum atomic E-state index is 8.68. The Morgan fingerprint density at radius 1 is 1.50 bits per heavy atom. The van der Waals surface area contributed by atoms with Crippen LogP contribution in [0.2, 0.25) is 0 Å². The summed E-state index contributed by atoms with van der Waals surface area (Å²) < 4.78 is 4.13. The molecule has 12 heavy (non-hydrogen) atoms. The zero-order valence-electron chi connectivity index (χ0n) is 7.77. The summed E-state index contributed by atoms with van der Waals surface area (Å²) in [4.78, 5) is 0. The van der Waals surface area contributed by atoms with E-state index in [4.69, 9.17) is 5.11 Å². The van der Waals surface area contributed by atoms with Gasteiger partial charge in [0.2, 0.25) is 6.33 Å². The molecule has 0 aliphatic heterocycles. The van der Waals surface area contributed by atoms with Crippen molar-refractivity contribution in [2.45, 2.75) is 26.9 Å². The van der Waals surface area contributed by atoms with Crippen molar-refractivity contribution in [1.29, 1.82) is 0 Å². The second-order valence-corrected chi connectivity index (χ2v) is 3.47. The molecule has 0 unspecified atom stereocenters. The van der Waals surface area contributed by atoms with Crippen molar-refractivity contribution in [3.05, 3.63) is 18.7 Å². The molecular formula is C9H17N2O+. The van der Waals surface area contributed by atoms with Crippen molar-refractivity contribution in [2.75, 3.05) is 6.61 Å². The van der Waals surface area contributed by atoms with E-state index >= 15 is 0 Å². The van der Waals surface area contributed by atoms with Crippen molar-refractivity contribution in [3.63, 3.8) is 0 Å². The van der Waals surface area contributed by atoms with Crippen LogP contribution >= 0.6 is 0 Å². The average molecular weight is 169 g/mol. The van der Waals surface area contributed by atoms with E-state index in [1.54, 1.807) is 0 Å². The number of aliphatic hydroxyl groups excluding tert-OH is 1. The molecule has 68 valence electrons. The number of nitrogens with zero attached hydrogens (tertiary/aromatic N) is 2. The van der Waals surface area contributed by atoms with Crippen molar-refractivity contribution in [1.82, 2.24) is 4.57 Å². The van der Waals surface area contributed by atoms with Gasteiger partial charge < -0.3 is 5.11 Å². The molecule has 1 aromatic heterocycles. The van der Waals surface area contributed by atoms with Crippen LogP contribution in [0.25, 0.3) is 0 Å². The van der Waals surface area contributed by atoms with Gasteiger partial charge in [0.15, 0.2) is 0 Å². The lowest BCUT2D eigenvalue weighted by molar-refractivity contribution is -0.701. The summed E-state index contributed by atoms with van der Waals surface area (Å²) in [5.74, 6) is 0.667. The molecule has 3 heteroatoms. The number of rotatable bonds is 4. The molecule has 1 N–H and O–H groups in total. The first-order valence-corrected chi connectivity index (χ1v) is 4.38. The van der Waals surface area contributed by atoms with Gasteiger partial charge in [-0.3, -0.25) is 0 Å². The second-order valence-electron chi connectivity index (χ2n) is 3.47. The molecule has 0 spiro atoms. The minimum atomic E-state index is 0.205. The van der Waals surface area contributed by atoms with E-state index in [0.29, 0.717) is 12.5 Å². The van der Waals surface area contributed by atoms with Crippen LogP contribution in [0.3, 0.4) is 0 Å². The first kappa shape index (κ1) is 9.26. The third kappa shape index (κ3) is 2.66. The van der Waals surface area contributed by atoms with Gasteiger partial charge in [0.25, 0.3) is 0 Å². The largest absolute Gasteiger partial charge is 0.392 e.